The van der Waals surface area contributed by atoms with E-state index in [0.29, 0.717) is 11.7 Å². The molecule has 0 bridgehead atoms. The lowest BCUT2D eigenvalue weighted by atomic mass is 10.2. The molecule has 3 aromatic rings. The van der Waals surface area contributed by atoms with E-state index in [1.54, 1.807) is 11.8 Å². The number of para-hydroxylation sites is 1. The molecule has 0 fully saturated rings. The lowest BCUT2D eigenvalue weighted by Crippen LogP contribution is -1.90. The molecule has 0 spiro atoms. The lowest BCUT2D eigenvalue weighted by molar-refractivity contribution is 0.376. The van der Waals surface area contributed by atoms with E-state index >= 15 is 0 Å². The third kappa shape index (κ3) is 2.61. The van der Waals surface area contributed by atoms with E-state index in [0.717, 1.165) is 15.9 Å². The van der Waals surface area contributed by atoms with Crippen LogP contribution in [0.3, 0.4) is 0 Å². The Balaban J connectivity index is 1.84. The molecule has 0 N–H and O–H groups in total. The largest absolute Gasteiger partial charge is 0.338 e. The number of aryl methyl sites for hydroxylation is 1. The maximum Gasteiger partial charge on any atom is 0.239 e. The van der Waals surface area contributed by atoms with Crippen LogP contribution in [-0.2, 0) is 0 Å². The van der Waals surface area contributed by atoms with E-state index in [1.165, 1.54) is 0 Å². The Hall–Kier alpha value is -1.88. The molecule has 0 saturated carbocycles. The highest BCUT2D eigenvalue weighted by molar-refractivity contribution is 7.99. The molecule has 0 saturated heterocycles. The summed E-state index contributed by atoms with van der Waals surface area (Å²) in [4.78, 5) is 8.86. The molecule has 96 valence electrons. The van der Waals surface area contributed by atoms with Crippen molar-refractivity contribution in [3.05, 3.63) is 48.1 Å². The third-order valence-electron chi connectivity index (χ3n) is 2.76. The molecular weight excluding hydrogens is 258 g/mol. The number of benzene rings is 1. The minimum Gasteiger partial charge on any atom is -0.338 e. The van der Waals surface area contributed by atoms with Crippen LogP contribution in [0.25, 0.3) is 10.9 Å². The van der Waals surface area contributed by atoms with E-state index < -0.39 is 0 Å². The summed E-state index contributed by atoms with van der Waals surface area (Å²) in [6.45, 7) is 3.85. The van der Waals surface area contributed by atoms with Gasteiger partial charge in [-0.3, -0.25) is 0 Å². The zero-order valence-corrected chi connectivity index (χ0v) is 11.5. The summed E-state index contributed by atoms with van der Waals surface area (Å²) in [7, 11) is 0. The molecule has 1 atom stereocenters. The van der Waals surface area contributed by atoms with Crippen molar-refractivity contribution in [3.63, 3.8) is 0 Å². The Morgan fingerprint density at radius 1 is 1.11 bits per heavy atom. The monoisotopic (exact) mass is 271 g/mol. The number of fused-ring (bicyclic) bond motifs is 1. The van der Waals surface area contributed by atoms with Crippen molar-refractivity contribution in [2.45, 2.75) is 24.1 Å². The highest BCUT2D eigenvalue weighted by Gasteiger charge is 2.15. The maximum absolute atomic E-state index is 5.18. The number of pyridine rings is 1. The standard InChI is InChI=1S/C14H13N3OS/c1-9(14-15-10(2)17-18-14)19-13-8-7-11-5-3-4-6-12(11)16-13/h3-9H,1-2H3/t9-/m1/s1. The number of aromatic nitrogens is 3. The van der Waals surface area contributed by atoms with Crippen LogP contribution in [0.2, 0.25) is 0 Å². The van der Waals surface area contributed by atoms with Crippen molar-refractivity contribution in [2.75, 3.05) is 0 Å². The first-order chi connectivity index (χ1) is 9.22. The predicted octanol–water partition coefficient (Wildman–Crippen LogP) is 3.78. The molecule has 0 aliphatic rings. The van der Waals surface area contributed by atoms with Crippen LogP contribution in [-0.4, -0.2) is 15.1 Å². The molecule has 0 radical (unpaired) electrons. The molecule has 2 aromatic heterocycles. The summed E-state index contributed by atoms with van der Waals surface area (Å²) in [5, 5.41) is 6.01. The Bertz CT molecular complexity index is 710. The first-order valence-corrected chi connectivity index (χ1v) is 6.93. The molecule has 0 unspecified atom stereocenters. The number of nitrogens with zero attached hydrogens (tertiary/aromatic N) is 3. The van der Waals surface area contributed by atoms with E-state index in [2.05, 4.69) is 27.3 Å². The van der Waals surface area contributed by atoms with Gasteiger partial charge in [0.15, 0.2) is 5.82 Å². The van der Waals surface area contributed by atoms with Crippen LogP contribution >= 0.6 is 11.8 Å². The Labute approximate surface area is 115 Å². The Morgan fingerprint density at radius 3 is 2.74 bits per heavy atom. The molecule has 0 amide bonds. The first kappa shape index (κ1) is 12.2. The average molecular weight is 271 g/mol. The summed E-state index contributed by atoms with van der Waals surface area (Å²) in [6.07, 6.45) is 0. The first-order valence-electron chi connectivity index (χ1n) is 6.05. The molecule has 4 nitrogen and oxygen atoms in total. The highest BCUT2D eigenvalue weighted by Crippen LogP contribution is 2.33. The fourth-order valence-corrected chi connectivity index (χ4v) is 2.68. The van der Waals surface area contributed by atoms with Gasteiger partial charge in [0.05, 0.1) is 15.8 Å². The van der Waals surface area contributed by atoms with Gasteiger partial charge >= 0.3 is 0 Å². The van der Waals surface area contributed by atoms with Crippen molar-refractivity contribution >= 4 is 22.7 Å². The summed E-state index contributed by atoms with van der Waals surface area (Å²) in [6, 6.07) is 12.2. The lowest BCUT2D eigenvalue weighted by Gasteiger charge is -2.06. The van der Waals surface area contributed by atoms with E-state index in [1.807, 2.05) is 38.1 Å². The molecule has 0 aliphatic carbocycles. The van der Waals surface area contributed by atoms with Crippen LogP contribution in [0.4, 0.5) is 0 Å². The van der Waals surface area contributed by atoms with Crippen LogP contribution < -0.4 is 0 Å². The Kier molecular flexibility index (Phi) is 3.21. The zero-order chi connectivity index (χ0) is 13.2. The van der Waals surface area contributed by atoms with Gasteiger partial charge < -0.3 is 4.52 Å². The van der Waals surface area contributed by atoms with Crippen molar-refractivity contribution in [3.8, 4) is 0 Å². The number of hydrogen-bond donors (Lipinski definition) is 0. The topological polar surface area (TPSA) is 51.8 Å². The molecule has 0 aliphatic heterocycles. The van der Waals surface area contributed by atoms with Crippen LogP contribution in [0, 0.1) is 6.92 Å². The van der Waals surface area contributed by atoms with Crippen molar-refractivity contribution < 1.29 is 4.52 Å². The zero-order valence-electron chi connectivity index (χ0n) is 10.7. The van der Waals surface area contributed by atoms with E-state index in [4.69, 9.17) is 4.52 Å². The van der Waals surface area contributed by atoms with E-state index in [9.17, 15) is 0 Å². The van der Waals surface area contributed by atoms with Gasteiger partial charge in [-0.25, -0.2) is 4.98 Å². The number of thioether (sulfide) groups is 1. The number of hydrogen-bond acceptors (Lipinski definition) is 5. The third-order valence-corrected chi connectivity index (χ3v) is 3.79. The van der Waals surface area contributed by atoms with Crippen LogP contribution in [0.15, 0.2) is 45.9 Å². The van der Waals surface area contributed by atoms with Crippen molar-refractivity contribution in [1.29, 1.82) is 0 Å². The van der Waals surface area contributed by atoms with Crippen LogP contribution in [0.1, 0.15) is 23.9 Å². The SMILES string of the molecule is Cc1noc([C@@H](C)Sc2ccc3ccccc3n2)n1. The molecule has 19 heavy (non-hydrogen) atoms. The second kappa shape index (κ2) is 5.01. The summed E-state index contributed by atoms with van der Waals surface area (Å²) in [5.74, 6) is 1.30. The molecule has 1 aromatic carbocycles. The van der Waals surface area contributed by atoms with E-state index in [-0.39, 0.29) is 5.25 Å². The van der Waals surface area contributed by atoms with Gasteiger partial charge in [0.2, 0.25) is 5.89 Å². The quantitative estimate of drug-likeness (QED) is 0.678. The van der Waals surface area contributed by atoms with Gasteiger partial charge in [-0.15, -0.1) is 0 Å². The average Bonchev–Trinajstić information content (AvgIpc) is 2.85. The predicted molar refractivity (Wildman–Crippen MR) is 75.1 cm³/mol. The summed E-state index contributed by atoms with van der Waals surface area (Å²) < 4.78 is 5.18. The minimum absolute atomic E-state index is 0.0925. The molecule has 2 heterocycles. The highest BCUT2D eigenvalue weighted by atomic mass is 32.2. The van der Waals surface area contributed by atoms with Crippen molar-refractivity contribution in [2.24, 2.45) is 0 Å². The second-order valence-electron chi connectivity index (χ2n) is 4.28. The fourth-order valence-electron chi connectivity index (χ4n) is 1.82. The van der Waals surface area contributed by atoms with Gasteiger partial charge in [-0.1, -0.05) is 41.2 Å². The van der Waals surface area contributed by atoms with Gasteiger partial charge in [-0.05, 0) is 26.0 Å². The van der Waals surface area contributed by atoms with Crippen LogP contribution in [0.5, 0.6) is 0 Å². The number of rotatable bonds is 3. The molecule has 3 rings (SSSR count). The summed E-state index contributed by atoms with van der Waals surface area (Å²) >= 11 is 1.62. The second-order valence-corrected chi connectivity index (χ2v) is 5.64. The normalized spacial score (nSPS) is 12.7. The molecule has 5 heteroatoms. The fraction of sp³-hybridized carbons (Fsp3) is 0.214. The summed E-state index contributed by atoms with van der Waals surface area (Å²) in [5.41, 5.74) is 1.00. The van der Waals surface area contributed by atoms with Gasteiger partial charge in [0.1, 0.15) is 0 Å². The van der Waals surface area contributed by atoms with Gasteiger partial charge in [0.25, 0.3) is 0 Å². The van der Waals surface area contributed by atoms with Crippen molar-refractivity contribution in [1.82, 2.24) is 15.1 Å². The Morgan fingerprint density at radius 2 is 1.95 bits per heavy atom. The smallest absolute Gasteiger partial charge is 0.239 e. The van der Waals surface area contributed by atoms with Gasteiger partial charge in [0, 0.05) is 5.39 Å². The maximum atomic E-state index is 5.18. The molecular formula is C14H13N3OS. The minimum atomic E-state index is 0.0925. The van der Waals surface area contributed by atoms with Gasteiger partial charge in [-0.2, -0.15) is 4.98 Å².